The van der Waals surface area contributed by atoms with E-state index in [9.17, 15) is 14.0 Å². The Morgan fingerprint density at radius 1 is 0.962 bits per heavy atom. The summed E-state index contributed by atoms with van der Waals surface area (Å²) in [5.74, 6) is -0.498. The number of aromatic nitrogens is 3. The number of rotatable bonds is 4. The highest BCUT2D eigenvalue weighted by Crippen LogP contribution is 2.15. The summed E-state index contributed by atoms with van der Waals surface area (Å²) in [5.41, 5.74) is 1.78. The summed E-state index contributed by atoms with van der Waals surface area (Å²) < 4.78 is 14.5. The summed E-state index contributed by atoms with van der Waals surface area (Å²) in [4.78, 5) is 27.5. The molecule has 0 saturated heterocycles. The van der Waals surface area contributed by atoms with E-state index in [1.165, 1.54) is 23.7 Å². The van der Waals surface area contributed by atoms with Gasteiger partial charge < -0.3 is 10.6 Å². The van der Waals surface area contributed by atoms with Crippen LogP contribution in [0.2, 0.25) is 0 Å². The molecule has 3 aromatic rings. The van der Waals surface area contributed by atoms with Crippen molar-refractivity contribution in [2.75, 3.05) is 10.6 Å². The average Bonchev–Trinajstić information content (AvgIpc) is 2.99. The topological polar surface area (TPSA) is 88.9 Å². The molecule has 1 heterocycles. The minimum absolute atomic E-state index is 0.00207. The maximum atomic E-state index is 13.0. The van der Waals surface area contributed by atoms with E-state index in [0.717, 1.165) is 0 Å². The SMILES string of the molecule is CC(=O)Nc1ccc(NC(=O)c2nc(C)n(-c3ccc(F)cc3)n2)cc1. The second-order valence-electron chi connectivity index (χ2n) is 5.58. The number of nitrogens with zero attached hydrogens (tertiary/aromatic N) is 3. The zero-order valence-corrected chi connectivity index (χ0v) is 14.2. The molecule has 0 atom stereocenters. The molecule has 0 aliphatic rings. The van der Waals surface area contributed by atoms with Crippen LogP contribution in [0.3, 0.4) is 0 Å². The van der Waals surface area contributed by atoms with Crippen LogP contribution in [-0.2, 0) is 4.79 Å². The van der Waals surface area contributed by atoms with Crippen molar-refractivity contribution >= 4 is 23.2 Å². The van der Waals surface area contributed by atoms with Crippen LogP contribution in [0.1, 0.15) is 23.4 Å². The predicted molar refractivity (Wildman–Crippen MR) is 94.8 cm³/mol. The molecule has 0 radical (unpaired) electrons. The fourth-order valence-electron chi connectivity index (χ4n) is 2.34. The van der Waals surface area contributed by atoms with Crippen LogP contribution >= 0.6 is 0 Å². The molecule has 8 heteroatoms. The third-order valence-electron chi connectivity index (χ3n) is 3.51. The molecule has 2 N–H and O–H groups in total. The highest BCUT2D eigenvalue weighted by Gasteiger charge is 2.15. The monoisotopic (exact) mass is 353 g/mol. The van der Waals surface area contributed by atoms with Gasteiger partial charge in [0.2, 0.25) is 11.7 Å². The Morgan fingerprint density at radius 2 is 1.54 bits per heavy atom. The van der Waals surface area contributed by atoms with Crippen molar-refractivity contribution in [2.45, 2.75) is 13.8 Å². The van der Waals surface area contributed by atoms with Gasteiger partial charge in [-0.1, -0.05) is 0 Å². The first-order valence-electron chi connectivity index (χ1n) is 7.81. The maximum absolute atomic E-state index is 13.0. The maximum Gasteiger partial charge on any atom is 0.295 e. The van der Waals surface area contributed by atoms with Gasteiger partial charge in [0.05, 0.1) is 5.69 Å². The first-order chi connectivity index (χ1) is 12.4. The molecule has 132 valence electrons. The summed E-state index contributed by atoms with van der Waals surface area (Å²) in [6.45, 7) is 3.12. The number of aryl methyl sites for hydroxylation is 1. The quantitative estimate of drug-likeness (QED) is 0.755. The number of benzene rings is 2. The lowest BCUT2D eigenvalue weighted by molar-refractivity contribution is -0.114. The second kappa shape index (κ2) is 7.14. The van der Waals surface area contributed by atoms with Gasteiger partial charge in [0.15, 0.2) is 0 Å². The summed E-state index contributed by atoms with van der Waals surface area (Å²) in [6, 6.07) is 12.4. The summed E-state index contributed by atoms with van der Waals surface area (Å²) in [7, 11) is 0. The third-order valence-corrected chi connectivity index (χ3v) is 3.51. The van der Waals surface area contributed by atoms with E-state index in [0.29, 0.717) is 22.9 Å². The summed E-state index contributed by atoms with van der Waals surface area (Å²) in [5, 5.41) is 9.51. The fourth-order valence-corrected chi connectivity index (χ4v) is 2.34. The Labute approximate surface area is 148 Å². The van der Waals surface area contributed by atoms with Gasteiger partial charge in [-0.3, -0.25) is 9.59 Å². The Kier molecular flexibility index (Phi) is 4.74. The van der Waals surface area contributed by atoms with Gasteiger partial charge in [-0.2, -0.15) is 0 Å². The molecule has 2 amide bonds. The molecule has 7 nitrogen and oxygen atoms in total. The van der Waals surface area contributed by atoms with Gasteiger partial charge in [0.1, 0.15) is 11.6 Å². The van der Waals surface area contributed by atoms with E-state index < -0.39 is 5.91 Å². The number of carbonyl (C=O) groups is 2. The van der Waals surface area contributed by atoms with E-state index in [1.807, 2.05) is 0 Å². The van der Waals surface area contributed by atoms with E-state index in [1.54, 1.807) is 43.3 Å². The lowest BCUT2D eigenvalue weighted by Gasteiger charge is -2.05. The molecule has 0 saturated carbocycles. The Balaban J connectivity index is 1.75. The first-order valence-corrected chi connectivity index (χ1v) is 7.81. The summed E-state index contributed by atoms with van der Waals surface area (Å²) in [6.07, 6.45) is 0. The van der Waals surface area contributed by atoms with Crippen LogP contribution in [0.25, 0.3) is 5.69 Å². The van der Waals surface area contributed by atoms with Crippen molar-refractivity contribution in [3.05, 3.63) is 66.0 Å². The lowest BCUT2D eigenvalue weighted by atomic mass is 10.2. The van der Waals surface area contributed by atoms with Crippen molar-refractivity contribution < 1.29 is 14.0 Å². The largest absolute Gasteiger partial charge is 0.326 e. The lowest BCUT2D eigenvalue weighted by Crippen LogP contribution is -2.14. The van der Waals surface area contributed by atoms with Crippen molar-refractivity contribution in [1.29, 1.82) is 0 Å². The number of carbonyl (C=O) groups excluding carboxylic acids is 2. The molecule has 1 aromatic heterocycles. The molecule has 0 aliphatic heterocycles. The third kappa shape index (κ3) is 3.92. The number of nitrogens with one attached hydrogen (secondary N) is 2. The number of amides is 2. The zero-order valence-electron chi connectivity index (χ0n) is 14.2. The van der Waals surface area contributed by atoms with Gasteiger partial charge >= 0.3 is 0 Å². The minimum Gasteiger partial charge on any atom is -0.326 e. The van der Waals surface area contributed by atoms with Gasteiger partial charge in [-0.15, -0.1) is 5.10 Å². The van der Waals surface area contributed by atoms with Crippen LogP contribution in [0.5, 0.6) is 0 Å². The molecule has 2 aromatic carbocycles. The number of halogens is 1. The van der Waals surface area contributed by atoms with Gasteiger partial charge in [0.25, 0.3) is 5.91 Å². The van der Waals surface area contributed by atoms with E-state index in [-0.39, 0.29) is 17.5 Å². The molecule has 0 bridgehead atoms. The number of hydrogen-bond donors (Lipinski definition) is 2. The highest BCUT2D eigenvalue weighted by atomic mass is 19.1. The van der Waals surface area contributed by atoms with Crippen molar-refractivity contribution in [3.8, 4) is 5.69 Å². The van der Waals surface area contributed by atoms with Crippen molar-refractivity contribution in [1.82, 2.24) is 14.8 Å². The van der Waals surface area contributed by atoms with Crippen LogP contribution in [0, 0.1) is 12.7 Å². The van der Waals surface area contributed by atoms with E-state index >= 15 is 0 Å². The predicted octanol–water partition coefficient (Wildman–Crippen LogP) is 2.93. The molecule has 0 unspecified atom stereocenters. The van der Waals surface area contributed by atoms with E-state index in [2.05, 4.69) is 20.7 Å². The Morgan fingerprint density at radius 3 is 2.12 bits per heavy atom. The first kappa shape index (κ1) is 17.3. The molecule has 0 fully saturated rings. The molecular weight excluding hydrogens is 337 g/mol. The normalized spacial score (nSPS) is 10.4. The zero-order chi connectivity index (χ0) is 18.7. The highest BCUT2D eigenvalue weighted by molar-refractivity contribution is 6.01. The smallest absolute Gasteiger partial charge is 0.295 e. The van der Waals surface area contributed by atoms with E-state index in [4.69, 9.17) is 0 Å². The van der Waals surface area contributed by atoms with Crippen LogP contribution in [-0.4, -0.2) is 26.6 Å². The standard InChI is InChI=1S/C18H16FN5O2/c1-11-20-17(23-24(11)16-9-3-13(19)4-10-16)18(26)22-15-7-5-14(6-8-15)21-12(2)25/h3-10H,1-2H3,(H,21,25)(H,22,26). The van der Waals surface area contributed by atoms with Crippen LogP contribution in [0.4, 0.5) is 15.8 Å². The van der Waals surface area contributed by atoms with Gasteiger partial charge in [-0.25, -0.2) is 14.1 Å². The second-order valence-corrected chi connectivity index (χ2v) is 5.58. The van der Waals surface area contributed by atoms with Gasteiger partial charge in [-0.05, 0) is 55.5 Å². The van der Waals surface area contributed by atoms with Crippen LogP contribution in [0.15, 0.2) is 48.5 Å². The minimum atomic E-state index is -0.471. The van der Waals surface area contributed by atoms with Gasteiger partial charge in [0, 0.05) is 18.3 Å². The Bertz CT molecular complexity index is 949. The molecule has 0 spiro atoms. The molecular formula is C18H16FN5O2. The number of hydrogen-bond acceptors (Lipinski definition) is 4. The Hall–Kier alpha value is -3.55. The van der Waals surface area contributed by atoms with Crippen LogP contribution < -0.4 is 10.6 Å². The van der Waals surface area contributed by atoms with Crippen molar-refractivity contribution in [2.24, 2.45) is 0 Å². The fraction of sp³-hybridized carbons (Fsp3) is 0.111. The van der Waals surface area contributed by atoms with Crippen molar-refractivity contribution in [3.63, 3.8) is 0 Å². The molecule has 3 rings (SSSR count). The molecule has 26 heavy (non-hydrogen) atoms. The molecule has 0 aliphatic carbocycles. The summed E-state index contributed by atoms with van der Waals surface area (Å²) >= 11 is 0. The number of anilines is 2. The average molecular weight is 353 g/mol.